The fourth-order valence-electron chi connectivity index (χ4n) is 2.62. The number of nitrogens with zero attached hydrogens (tertiary/aromatic N) is 1. The predicted molar refractivity (Wildman–Crippen MR) is 79.0 cm³/mol. The van der Waals surface area contributed by atoms with Gasteiger partial charge in [-0.1, -0.05) is 6.07 Å². The van der Waals surface area contributed by atoms with Gasteiger partial charge in [-0.25, -0.2) is 4.98 Å². The van der Waals surface area contributed by atoms with Crippen LogP contribution in [0.1, 0.15) is 18.4 Å². The third-order valence-corrected chi connectivity index (χ3v) is 3.92. The molecule has 0 spiro atoms. The van der Waals surface area contributed by atoms with Gasteiger partial charge in [0.1, 0.15) is 0 Å². The van der Waals surface area contributed by atoms with E-state index in [2.05, 4.69) is 15.6 Å². The summed E-state index contributed by atoms with van der Waals surface area (Å²) >= 11 is 0. The number of hydrogen-bond acceptors (Lipinski definition) is 5. The highest BCUT2D eigenvalue weighted by Gasteiger charge is 2.39. The Labute approximate surface area is 125 Å². The van der Waals surface area contributed by atoms with Crippen LogP contribution in [0, 0.1) is 5.41 Å². The minimum atomic E-state index is -0.417. The summed E-state index contributed by atoms with van der Waals surface area (Å²) in [6.07, 6.45) is 3.31. The largest absolute Gasteiger partial charge is 0.481 e. The molecule has 2 N–H and O–H groups in total. The van der Waals surface area contributed by atoms with E-state index in [-0.39, 0.29) is 5.91 Å². The summed E-state index contributed by atoms with van der Waals surface area (Å²) in [5.41, 5.74) is 0.533. The Morgan fingerprint density at radius 3 is 2.71 bits per heavy atom. The monoisotopic (exact) mass is 293 g/mol. The highest BCUT2D eigenvalue weighted by Crippen LogP contribution is 2.29. The molecular formula is C15H23N3O3. The average Bonchev–Trinajstić information content (AvgIpc) is 2.54. The molecule has 2 heterocycles. The first-order valence-electron chi connectivity index (χ1n) is 7.17. The smallest absolute Gasteiger partial charge is 0.228 e. The molecule has 0 bridgehead atoms. The van der Waals surface area contributed by atoms with E-state index < -0.39 is 5.41 Å². The SMILES string of the molecule is COCC1(C(=O)NCc2ccc(OC)nc2)CCNCC1. The lowest BCUT2D eigenvalue weighted by molar-refractivity contribution is -0.136. The molecule has 0 aromatic carbocycles. The van der Waals surface area contributed by atoms with Gasteiger partial charge in [-0.2, -0.15) is 0 Å². The van der Waals surface area contributed by atoms with Crippen molar-refractivity contribution in [2.75, 3.05) is 33.9 Å². The maximum absolute atomic E-state index is 12.5. The first-order valence-corrected chi connectivity index (χ1v) is 7.17. The lowest BCUT2D eigenvalue weighted by Gasteiger charge is -2.35. The van der Waals surface area contributed by atoms with Crippen LogP contribution in [0.3, 0.4) is 0 Å². The third-order valence-electron chi connectivity index (χ3n) is 3.92. The van der Waals surface area contributed by atoms with Crippen LogP contribution in [0.2, 0.25) is 0 Å². The molecule has 0 radical (unpaired) electrons. The number of pyridine rings is 1. The van der Waals surface area contributed by atoms with Gasteiger partial charge in [0.15, 0.2) is 0 Å². The minimum Gasteiger partial charge on any atom is -0.481 e. The van der Waals surface area contributed by atoms with Gasteiger partial charge < -0.3 is 20.1 Å². The van der Waals surface area contributed by atoms with E-state index in [4.69, 9.17) is 9.47 Å². The zero-order valence-electron chi connectivity index (χ0n) is 12.6. The fraction of sp³-hybridized carbons (Fsp3) is 0.600. The number of carbonyl (C=O) groups is 1. The summed E-state index contributed by atoms with van der Waals surface area (Å²) in [6.45, 7) is 2.62. The summed E-state index contributed by atoms with van der Waals surface area (Å²) in [4.78, 5) is 16.7. The van der Waals surface area contributed by atoms with Crippen LogP contribution in [-0.2, 0) is 16.1 Å². The van der Waals surface area contributed by atoms with E-state index in [9.17, 15) is 4.79 Å². The predicted octanol–water partition coefficient (Wildman–Crippen LogP) is 0.723. The molecule has 6 nitrogen and oxygen atoms in total. The van der Waals surface area contributed by atoms with Gasteiger partial charge in [-0.15, -0.1) is 0 Å². The number of aromatic nitrogens is 1. The number of carbonyl (C=O) groups excluding carboxylic acids is 1. The Balaban J connectivity index is 1.94. The van der Waals surface area contributed by atoms with Crippen LogP contribution in [0.5, 0.6) is 5.88 Å². The Morgan fingerprint density at radius 1 is 1.38 bits per heavy atom. The van der Waals surface area contributed by atoms with Crippen molar-refractivity contribution in [3.63, 3.8) is 0 Å². The molecule has 2 rings (SSSR count). The van der Waals surface area contributed by atoms with Crippen LogP contribution in [0.4, 0.5) is 0 Å². The van der Waals surface area contributed by atoms with Gasteiger partial charge >= 0.3 is 0 Å². The van der Waals surface area contributed by atoms with Crippen molar-refractivity contribution in [1.29, 1.82) is 0 Å². The highest BCUT2D eigenvalue weighted by atomic mass is 16.5. The molecule has 1 amide bonds. The molecule has 1 fully saturated rings. The van der Waals surface area contributed by atoms with Crippen molar-refractivity contribution in [3.8, 4) is 5.88 Å². The molecule has 0 atom stereocenters. The first kappa shape index (κ1) is 15.7. The molecule has 1 aliphatic rings. The van der Waals surface area contributed by atoms with Crippen LogP contribution in [-0.4, -0.2) is 44.8 Å². The molecule has 0 unspecified atom stereocenters. The number of nitrogens with one attached hydrogen (secondary N) is 2. The minimum absolute atomic E-state index is 0.0571. The van der Waals surface area contributed by atoms with E-state index in [0.29, 0.717) is 19.0 Å². The average molecular weight is 293 g/mol. The Kier molecular flexibility index (Phi) is 5.52. The van der Waals surface area contributed by atoms with Crippen molar-refractivity contribution in [2.24, 2.45) is 5.41 Å². The molecular weight excluding hydrogens is 270 g/mol. The molecule has 0 aliphatic carbocycles. The van der Waals surface area contributed by atoms with Crippen LogP contribution >= 0.6 is 0 Å². The third kappa shape index (κ3) is 3.92. The van der Waals surface area contributed by atoms with E-state index in [1.807, 2.05) is 6.07 Å². The number of ether oxygens (including phenoxy) is 2. The van der Waals surface area contributed by atoms with Gasteiger partial charge in [0.25, 0.3) is 0 Å². The summed E-state index contributed by atoms with van der Waals surface area (Å²) in [7, 11) is 3.22. The number of methoxy groups -OCH3 is 2. The van der Waals surface area contributed by atoms with Gasteiger partial charge in [-0.05, 0) is 31.5 Å². The maximum atomic E-state index is 12.5. The van der Waals surface area contributed by atoms with Crippen LogP contribution < -0.4 is 15.4 Å². The van der Waals surface area contributed by atoms with Crippen molar-refractivity contribution in [3.05, 3.63) is 23.9 Å². The Hall–Kier alpha value is -1.66. The van der Waals surface area contributed by atoms with E-state index in [0.717, 1.165) is 31.5 Å². The van der Waals surface area contributed by atoms with Gasteiger partial charge in [0, 0.05) is 25.9 Å². The second-order valence-electron chi connectivity index (χ2n) is 5.35. The molecule has 21 heavy (non-hydrogen) atoms. The first-order chi connectivity index (χ1) is 10.2. The normalized spacial score (nSPS) is 17.2. The Bertz CT molecular complexity index is 450. The van der Waals surface area contributed by atoms with Crippen molar-refractivity contribution in [2.45, 2.75) is 19.4 Å². The molecule has 1 aromatic heterocycles. The van der Waals surface area contributed by atoms with Crippen molar-refractivity contribution < 1.29 is 14.3 Å². The van der Waals surface area contributed by atoms with E-state index in [1.54, 1.807) is 26.5 Å². The number of amides is 1. The van der Waals surface area contributed by atoms with Gasteiger partial charge in [0.05, 0.1) is 19.1 Å². The zero-order chi connectivity index (χ0) is 15.1. The standard InChI is InChI=1S/C15H23N3O3/c1-20-11-15(5-7-16-8-6-15)14(19)18-10-12-3-4-13(21-2)17-9-12/h3-4,9,16H,5-8,10-11H2,1-2H3,(H,18,19). The summed E-state index contributed by atoms with van der Waals surface area (Å²) in [6, 6.07) is 3.69. The summed E-state index contributed by atoms with van der Waals surface area (Å²) < 4.78 is 10.3. The molecule has 116 valence electrons. The molecule has 6 heteroatoms. The maximum Gasteiger partial charge on any atom is 0.228 e. The second kappa shape index (κ2) is 7.38. The number of piperidine rings is 1. The van der Waals surface area contributed by atoms with Gasteiger partial charge in [0.2, 0.25) is 11.8 Å². The summed E-state index contributed by atoms with van der Waals surface area (Å²) in [5.74, 6) is 0.626. The van der Waals surface area contributed by atoms with E-state index >= 15 is 0 Å². The number of hydrogen-bond donors (Lipinski definition) is 2. The van der Waals surface area contributed by atoms with E-state index in [1.165, 1.54) is 0 Å². The molecule has 1 saturated heterocycles. The lowest BCUT2D eigenvalue weighted by atomic mass is 9.78. The molecule has 1 aliphatic heterocycles. The van der Waals surface area contributed by atoms with Gasteiger partial charge in [-0.3, -0.25) is 4.79 Å². The second-order valence-corrected chi connectivity index (χ2v) is 5.35. The topological polar surface area (TPSA) is 72.5 Å². The quantitative estimate of drug-likeness (QED) is 0.809. The van der Waals surface area contributed by atoms with Crippen molar-refractivity contribution in [1.82, 2.24) is 15.6 Å². The lowest BCUT2D eigenvalue weighted by Crippen LogP contribution is -2.49. The summed E-state index contributed by atoms with van der Waals surface area (Å²) in [5, 5.41) is 6.28. The highest BCUT2D eigenvalue weighted by molar-refractivity contribution is 5.83. The van der Waals surface area contributed by atoms with Crippen LogP contribution in [0.25, 0.3) is 0 Å². The number of rotatable bonds is 6. The zero-order valence-corrected chi connectivity index (χ0v) is 12.6. The molecule has 0 saturated carbocycles. The van der Waals surface area contributed by atoms with Crippen LogP contribution in [0.15, 0.2) is 18.3 Å². The molecule has 1 aromatic rings. The Morgan fingerprint density at radius 2 is 2.14 bits per heavy atom. The fourth-order valence-corrected chi connectivity index (χ4v) is 2.62. The van der Waals surface area contributed by atoms with Crippen molar-refractivity contribution >= 4 is 5.91 Å².